The van der Waals surface area contributed by atoms with Gasteiger partial charge in [-0.05, 0) is 19.3 Å². The largest absolute Gasteiger partial charge is 0.389 e. The molecule has 1 aromatic heterocycles. The maximum Gasteiger partial charge on any atom is 0.153 e. The Bertz CT molecular complexity index is 514. The Hall–Kier alpha value is -1.02. The number of fused-ring (bicyclic) bond motifs is 1. The maximum atomic E-state index is 10.1. The third kappa shape index (κ3) is 4.75. The number of nitrogens with one attached hydrogen (secondary N) is 1. The minimum Gasteiger partial charge on any atom is -0.389 e. The van der Waals surface area contributed by atoms with Crippen molar-refractivity contribution >= 4 is 0 Å². The van der Waals surface area contributed by atoms with E-state index in [0.717, 1.165) is 50.5 Å². The van der Waals surface area contributed by atoms with E-state index in [1.165, 1.54) is 0 Å². The van der Waals surface area contributed by atoms with E-state index in [9.17, 15) is 5.11 Å². The summed E-state index contributed by atoms with van der Waals surface area (Å²) in [7, 11) is 0. The van der Waals surface area contributed by atoms with Crippen LogP contribution in [0.1, 0.15) is 50.7 Å². The van der Waals surface area contributed by atoms with Crippen molar-refractivity contribution < 1.29 is 14.6 Å². The molecule has 3 heterocycles. The molecule has 1 aromatic rings. The predicted molar refractivity (Wildman–Crippen MR) is 90.0 cm³/mol. The third-order valence-electron chi connectivity index (χ3n) is 4.67. The van der Waals surface area contributed by atoms with Gasteiger partial charge in [-0.2, -0.15) is 5.10 Å². The van der Waals surface area contributed by atoms with Crippen LogP contribution in [-0.4, -0.2) is 64.5 Å². The molecule has 24 heavy (non-hydrogen) atoms. The van der Waals surface area contributed by atoms with Gasteiger partial charge >= 0.3 is 0 Å². The molecule has 0 unspecified atom stereocenters. The van der Waals surface area contributed by atoms with Crippen molar-refractivity contribution in [2.75, 3.05) is 26.4 Å². The van der Waals surface area contributed by atoms with Crippen LogP contribution < -0.4 is 5.32 Å². The Kier molecular flexibility index (Phi) is 6.21. The maximum absolute atomic E-state index is 10.1. The molecule has 2 N–H and O–H groups in total. The van der Waals surface area contributed by atoms with E-state index in [1.54, 1.807) is 0 Å². The zero-order valence-corrected chi connectivity index (χ0v) is 14.8. The van der Waals surface area contributed by atoms with Gasteiger partial charge in [-0.25, -0.2) is 9.67 Å². The zero-order chi connectivity index (χ0) is 16.9. The molecule has 3 atom stereocenters. The predicted octanol–water partition coefficient (Wildman–Crippen LogP) is 0.862. The van der Waals surface area contributed by atoms with Gasteiger partial charge in [-0.3, -0.25) is 0 Å². The van der Waals surface area contributed by atoms with Crippen LogP contribution in [0.2, 0.25) is 0 Å². The molecule has 1 fully saturated rings. The highest BCUT2D eigenvalue weighted by atomic mass is 16.5. The second-order valence-electron chi connectivity index (χ2n) is 7.19. The molecular formula is C17H30N4O3. The Morgan fingerprint density at radius 3 is 3.04 bits per heavy atom. The number of rotatable bonds is 8. The summed E-state index contributed by atoms with van der Waals surface area (Å²) in [6, 6.07) is 0.326. The fraction of sp³-hybridized carbons (Fsp3) is 0.882. The van der Waals surface area contributed by atoms with Crippen molar-refractivity contribution in [1.82, 2.24) is 20.1 Å². The van der Waals surface area contributed by atoms with Crippen molar-refractivity contribution in [2.24, 2.45) is 0 Å². The van der Waals surface area contributed by atoms with Crippen LogP contribution in [0.25, 0.3) is 0 Å². The molecule has 2 aliphatic heterocycles. The van der Waals surface area contributed by atoms with Crippen LogP contribution in [0.5, 0.6) is 0 Å². The second kappa shape index (κ2) is 8.38. The number of hydrogen-bond donors (Lipinski definition) is 2. The number of aliphatic hydroxyl groups is 1. The van der Waals surface area contributed by atoms with E-state index in [4.69, 9.17) is 9.47 Å². The van der Waals surface area contributed by atoms with E-state index in [2.05, 4.69) is 29.2 Å². The lowest BCUT2D eigenvalue weighted by Crippen LogP contribution is -2.42. The van der Waals surface area contributed by atoms with E-state index >= 15 is 0 Å². The van der Waals surface area contributed by atoms with E-state index in [-0.39, 0.29) is 6.10 Å². The van der Waals surface area contributed by atoms with Gasteiger partial charge < -0.3 is 19.9 Å². The summed E-state index contributed by atoms with van der Waals surface area (Å²) in [4.78, 5) is 4.60. The highest BCUT2D eigenvalue weighted by Gasteiger charge is 2.23. The Balaban J connectivity index is 1.35. The van der Waals surface area contributed by atoms with Gasteiger partial charge in [0.15, 0.2) is 5.82 Å². The van der Waals surface area contributed by atoms with Crippen LogP contribution in [0, 0.1) is 0 Å². The quantitative estimate of drug-likeness (QED) is 0.732. The summed E-state index contributed by atoms with van der Waals surface area (Å²) >= 11 is 0. The van der Waals surface area contributed by atoms with Crippen molar-refractivity contribution in [3.05, 3.63) is 11.6 Å². The van der Waals surface area contributed by atoms with Crippen LogP contribution in [0.15, 0.2) is 0 Å². The Morgan fingerprint density at radius 1 is 1.42 bits per heavy atom. The summed E-state index contributed by atoms with van der Waals surface area (Å²) in [5.41, 5.74) is 0. The van der Waals surface area contributed by atoms with Gasteiger partial charge in [0, 0.05) is 31.5 Å². The molecule has 0 bridgehead atoms. The van der Waals surface area contributed by atoms with Gasteiger partial charge in [0.1, 0.15) is 5.82 Å². The molecule has 2 aliphatic rings. The average molecular weight is 338 g/mol. The lowest BCUT2D eigenvalue weighted by atomic mass is 10.1. The SMILES string of the molecule is CC(C)c1nc2n(n1)C[C@H](NC[C@@H](O)COC[C@H]1CCCO1)CC2. The lowest BCUT2D eigenvalue weighted by molar-refractivity contribution is -0.0171. The normalized spacial score (nSPS) is 25.2. The van der Waals surface area contributed by atoms with Crippen LogP contribution in [-0.2, 0) is 22.4 Å². The molecular weight excluding hydrogens is 308 g/mol. The van der Waals surface area contributed by atoms with Gasteiger partial charge in [-0.1, -0.05) is 13.8 Å². The van der Waals surface area contributed by atoms with Crippen molar-refractivity contribution in [1.29, 1.82) is 0 Å². The molecule has 0 radical (unpaired) electrons. The fourth-order valence-electron chi connectivity index (χ4n) is 3.21. The van der Waals surface area contributed by atoms with Crippen molar-refractivity contribution in [2.45, 2.75) is 70.2 Å². The highest BCUT2D eigenvalue weighted by Crippen LogP contribution is 2.17. The monoisotopic (exact) mass is 338 g/mol. The minimum atomic E-state index is -0.491. The topological polar surface area (TPSA) is 81.4 Å². The van der Waals surface area contributed by atoms with E-state index in [1.807, 2.05) is 4.68 Å². The summed E-state index contributed by atoms with van der Waals surface area (Å²) in [5.74, 6) is 2.36. The molecule has 7 nitrogen and oxygen atoms in total. The molecule has 0 aromatic carbocycles. The smallest absolute Gasteiger partial charge is 0.153 e. The molecule has 0 spiro atoms. The first-order chi connectivity index (χ1) is 11.6. The van der Waals surface area contributed by atoms with Gasteiger partial charge in [0.2, 0.25) is 0 Å². The van der Waals surface area contributed by atoms with E-state index < -0.39 is 6.10 Å². The standard InChI is InChI=1S/C17H30N4O3/c1-12(2)17-19-16-6-5-13(9-21(16)20-17)18-8-14(22)10-23-11-15-4-3-7-24-15/h12-15,18,22H,3-11H2,1-2H3/t13-,14-,15-/m1/s1. The number of ether oxygens (including phenoxy) is 2. The fourth-order valence-corrected chi connectivity index (χ4v) is 3.21. The number of hydrogen-bond acceptors (Lipinski definition) is 6. The van der Waals surface area contributed by atoms with Crippen molar-refractivity contribution in [3.63, 3.8) is 0 Å². The van der Waals surface area contributed by atoms with Crippen LogP contribution >= 0.6 is 0 Å². The van der Waals surface area contributed by atoms with Crippen LogP contribution in [0.3, 0.4) is 0 Å². The molecule has 7 heteroatoms. The van der Waals surface area contributed by atoms with Crippen LogP contribution in [0.4, 0.5) is 0 Å². The zero-order valence-electron chi connectivity index (χ0n) is 14.8. The first-order valence-corrected chi connectivity index (χ1v) is 9.16. The Morgan fingerprint density at radius 2 is 2.29 bits per heavy atom. The van der Waals surface area contributed by atoms with E-state index in [0.29, 0.717) is 31.7 Å². The summed E-state index contributed by atoms with van der Waals surface area (Å²) < 4.78 is 13.1. The molecule has 0 saturated carbocycles. The summed E-state index contributed by atoms with van der Waals surface area (Å²) in [6.45, 7) is 7.36. The lowest BCUT2D eigenvalue weighted by Gasteiger charge is -2.25. The number of aliphatic hydroxyl groups excluding tert-OH is 1. The molecule has 3 rings (SSSR count). The third-order valence-corrected chi connectivity index (χ3v) is 4.67. The first kappa shape index (κ1) is 17.8. The highest BCUT2D eigenvalue weighted by molar-refractivity contribution is 5.01. The molecule has 1 saturated heterocycles. The van der Waals surface area contributed by atoms with Gasteiger partial charge in [0.05, 0.1) is 32.0 Å². The minimum absolute atomic E-state index is 0.212. The second-order valence-corrected chi connectivity index (χ2v) is 7.19. The number of aromatic nitrogens is 3. The summed E-state index contributed by atoms with van der Waals surface area (Å²) in [6.07, 6.45) is 3.86. The average Bonchev–Trinajstić information content (AvgIpc) is 3.21. The first-order valence-electron chi connectivity index (χ1n) is 9.16. The van der Waals surface area contributed by atoms with Gasteiger partial charge in [0.25, 0.3) is 0 Å². The molecule has 0 amide bonds. The summed E-state index contributed by atoms with van der Waals surface area (Å²) in [5, 5.41) is 18.1. The molecule has 0 aliphatic carbocycles. The van der Waals surface area contributed by atoms with Gasteiger partial charge in [-0.15, -0.1) is 0 Å². The number of aryl methyl sites for hydroxylation is 1. The number of nitrogens with zero attached hydrogens (tertiary/aromatic N) is 3. The molecule has 136 valence electrons. The Labute approximate surface area is 143 Å². The van der Waals surface area contributed by atoms with Crippen molar-refractivity contribution in [3.8, 4) is 0 Å².